The second kappa shape index (κ2) is 14.9. The van der Waals surface area contributed by atoms with Gasteiger partial charge in [0.05, 0.1) is 28.5 Å². The van der Waals surface area contributed by atoms with Crippen molar-refractivity contribution in [2.24, 2.45) is 7.05 Å². The number of benzene rings is 2. The van der Waals surface area contributed by atoms with Crippen LogP contribution in [-0.4, -0.2) is 71.5 Å². The first-order valence-electron chi connectivity index (χ1n) is 17.9. The predicted octanol–water partition coefficient (Wildman–Crippen LogP) is 8.21. The van der Waals surface area contributed by atoms with Crippen molar-refractivity contribution >= 4 is 51.8 Å². The molecule has 0 saturated carbocycles. The number of carbonyl (C=O) groups excluding carboxylic acids is 2. The highest BCUT2D eigenvalue weighted by atomic mass is 35.5. The summed E-state index contributed by atoms with van der Waals surface area (Å²) in [6, 6.07) is 12.7. The van der Waals surface area contributed by atoms with E-state index in [1.54, 1.807) is 40.9 Å². The Morgan fingerprint density at radius 1 is 1.00 bits per heavy atom. The number of likely N-dealkylation sites (tertiary alicyclic amines) is 1. The van der Waals surface area contributed by atoms with Crippen LogP contribution in [0.15, 0.2) is 48.7 Å². The number of nitrogens with one attached hydrogen (secondary N) is 2. The van der Waals surface area contributed by atoms with Crippen molar-refractivity contribution in [3.8, 4) is 11.1 Å². The van der Waals surface area contributed by atoms with Gasteiger partial charge in [0, 0.05) is 49.7 Å². The number of halogens is 3. The molecule has 12 nitrogen and oxygen atoms in total. The number of fused-ring (bicyclic) bond motifs is 2. The molecule has 0 unspecified atom stereocenters. The Morgan fingerprint density at radius 3 is 2.44 bits per heavy atom. The molecule has 2 aliphatic rings. The van der Waals surface area contributed by atoms with Gasteiger partial charge in [-0.2, -0.15) is 0 Å². The number of hydrogen-bond donors (Lipinski definition) is 2. The lowest BCUT2D eigenvalue weighted by Crippen LogP contribution is -2.40. The number of ether oxygens (including phenoxy) is 1. The van der Waals surface area contributed by atoms with Gasteiger partial charge in [0.15, 0.2) is 17.5 Å². The summed E-state index contributed by atoms with van der Waals surface area (Å²) in [7, 11) is 1.78. The van der Waals surface area contributed by atoms with E-state index in [2.05, 4.69) is 35.5 Å². The van der Waals surface area contributed by atoms with Crippen LogP contribution in [0.5, 0.6) is 0 Å². The normalized spacial score (nSPS) is 14.8. The highest BCUT2D eigenvalue weighted by Crippen LogP contribution is 2.39. The first-order valence-corrected chi connectivity index (χ1v) is 18.3. The molecule has 2 aromatic carbocycles. The zero-order valence-corrected chi connectivity index (χ0v) is 31.6. The summed E-state index contributed by atoms with van der Waals surface area (Å²) >= 11 is 6.98. The molecule has 7 rings (SSSR count). The van der Waals surface area contributed by atoms with E-state index < -0.39 is 29.9 Å². The molecule has 54 heavy (non-hydrogen) atoms. The van der Waals surface area contributed by atoms with E-state index in [1.807, 2.05) is 52.0 Å². The highest BCUT2D eigenvalue weighted by Gasteiger charge is 2.30. The lowest BCUT2D eigenvalue weighted by Gasteiger charge is -2.29. The maximum Gasteiger partial charge on any atom is 0.410 e. The minimum Gasteiger partial charge on any atom is -0.444 e. The molecule has 15 heteroatoms. The minimum atomic E-state index is -2.87. The fourth-order valence-corrected chi connectivity index (χ4v) is 7.24. The summed E-state index contributed by atoms with van der Waals surface area (Å²) in [6.45, 7) is 10.7. The quantitative estimate of drug-likeness (QED) is 0.161. The van der Waals surface area contributed by atoms with E-state index >= 15 is 0 Å². The fourth-order valence-electron chi connectivity index (χ4n) is 6.97. The van der Waals surface area contributed by atoms with Gasteiger partial charge < -0.3 is 24.8 Å². The van der Waals surface area contributed by atoms with E-state index in [0.29, 0.717) is 58.2 Å². The second-order valence-corrected chi connectivity index (χ2v) is 15.1. The van der Waals surface area contributed by atoms with Gasteiger partial charge in [0.25, 0.3) is 12.3 Å². The number of nitrogens with zero attached hydrogens (tertiary/aromatic N) is 7. The van der Waals surface area contributed by atoms with Crippen molar-refractivity contribution in [3.05, 3.63) is 87.8 Å². The Kier molecular flexibility index (Phi) is 10.2. The Hall–Kier alpha value is -5.21. The molecule has 5 heterocycles. The van der Waals surface area contributed by atoms with Crippen LogP contribution in [0.1, 0.15) is 79.0 Å². The Morgan fingerprint density at radius 2 is 1.72 bits per heavy atom. The summed E-state index contributed by atoms with van der Waals surface area (Å²) in [5, 5.41) is 6.46. The number of imidazole rings is 1. The van der Waals surface area contributed by atoms with Gasteiger partial charge in [0.2, 0.25) is 0 Å². The van der Waals surface area contributed by atoms with Crippen LogP contribution < -0.4 is 10.6 Å². The fraction of sp³-hybridized carbons (Fsp3) is 0.385. The zero-order chi connectivity index (χ0) is 38.3. The van der Waals surface area contributed by atoms with Gasteiger partial charge in [-0.15, -0.1) is 0 Å². The van der Waals surface area contributed by atoms with Crippen LogP contribution in [0.4, 0.5) is 30.8 Å². The summed E-state index contributed by atoms with van der Waals surface area (Å²) in [5.41, 5.74) is 5.66. The van der Waals surface area contributed by atoms with E-state index in [4.69, 9.17) is 16.3 Å². The highest BCUT2D eigenvalue weighted by molar-refractivity contribution is 6.36. The SMILES string of the molecule is Cc1c(Nc2nc(C(F)F)nc3cc(CN4CCCC4)cnc23)cccc1-c1cccc(NC(=O)c2nc3c(n2C)CCN(C(=O)OC(C)(C)C)C3)c1Cl. The number of carbonyl (C=O) groups is 2. The largest absolute Gasteiger partial charge is 0.444 e. The molecule has 0 radical (unpaired) electrons. The third-order valence-corrected chi connectivity index (χ3v) is 10.1. The van der Waals surface area contributed by atoms with Crippen LogP contribution in [0.3, 0.4) is 0 Å². The molecule has 0 bridgehead atoms. The average Bonchev–Trinajstić information content (AvgIpc) is 3.76. The van der Waals surface area contributed by atoms with Gasteiger partial charge in [-0.05, 0) is 88.5 Å². The number of pyridine rings is 1. The Balaban J connectivity index is 1.13. The first kappa shape index (κ1) is 37.1. The molecule has 1 fully saturated rings. The molecule has 2 aliphatic heterocycles. The Labute approximate surface area is 316 Å². The number of anilines is 3. The molecule has 2 amide bonds. The van der Waals surface area contributed by atoms with Crippen molar-refractivity contribution in [3.63, 3.8) is 0 Å². The van der Waals surface area contributed by atoms with E-state index in [1.165, 1.54) is 0 Å². The maximum atomic E-state index is 14.0. The number of amides is 2. The van der Waals surface area contributed by atoms with Crippen LogP contribution >= 0.6 is 11.6 Å². The number of hydrogen-bond acceptors (Lipinski definition) is 9. The average molecular weight is 758 g/mol. The van der Waals surface area contributed by atoms with Crippen molar-refractivity contribution in [2.75, 3.05) is 30.3 Å². The monoisotopic (exact) mass is 757 g/mol. The topological polar surface area (TPSA) is 130 Å². The molecule has 1 saturated heterocycles. The molecule has 0 spiro atoms. The maximum absolute atomic E-state index is 14.0. The van der Waals surface area contributed by atoms with E-state index in [9.17, 15) is 18.4 Å². The number of rotatable bonds is 8. The first-order chi connectivity index (χ1) is 25.8. The molecule has 3 aromatic heterocycles. The van der Waals surface area contributed by atoms with Gasteiger partial charge in [0.1, 0.15) is 11.1 Å². The predicted molar refractivity (Wildman–Crippen MR) is 203 cm³/mol. The number of aromatic nitrogens is 5. The van der Waals surface area contributed by atoms with Crippen molar-refractivity contribution < 1.29 is 23.1 Å². The molecule has 2 N–H and O–H groups in total. The van der Waals surface area contributed by atoms with Crippen molar-refractivity contribution in [2.45, 2.75) is 72.1 Å². The van der Waals surface area contributed by atoms with Crippen molar-refractivity contribution in [1.82, 2.24) is 34.3 Å². The smallest absolute Gasteiger partial charge is 0.410 e. The third-order valence-electron chi connectivity index (χ3n) is 9.64. The van der Waals surface area contributed by atoms with Crippen LogP contribution in [0.2, 0.25) is 5.02 Å². The van der Waals surface area contributed by atoms with Gasteiger partial charge in [-0.1, -0.05) is 35.9 Å². The molecule has 0 aliphatic carbocycles. The van der Waals surface area contributed by atoms with Crippen molar-refractivity contribution in [1.29, 1.82) is 0 Å². The minimum absolute atomic E-state index is 0.169. The van der Waals surface area contributed by atoms with Gasteiger partial charge >= 0.3 is 6.09 Å². The third kappa shape index (κ3) is 7.71. The summed E-state index contributed by atoms with van der Waals surface area (Å²) in [5.74, 6) is -0.683. The molecule has 0 atom stereocenters. The summed E-state index contributed by atoms with van der Waals surface area (Å²) in [4.78, 5) is 47.8. The van der Waals surface area contributed by atoms with Gasteiger partial charge in [-0.3, -0.25) is 14.7 Å². The standard InChI is InChI=1S/C39H42ClF2N9O3/c1-22-24(10-8-12-26(22)44-34-32-28(45-35(48-34)33(41)42)18-23(19-43-32)20-50-15-6-7-16-50)25-11-9-13-27(31(25)40)47-37(52)36-46-29-21-51(17-14-30(29)49(36)5)38(53)54-39(2,3)4/h8-13,18-19,33H,6-7,14-17,20-21H2,1-5H3,(H,47,52)(H,44,45,48). The second-order valence-electron chi connectivity index (χ2n) is 14.7. The molecular formula is C39H42ClF2N9O3. The lowest BCUT2D eigenvalue weighted by molar-refractivity contribution is 0.0220. The lowest BCUT2D eigenvalue weighted by atomic mass is 9.98. The van der Waals surface area contributed by atoms with Gasteiger partial charge in [-0.25, -0.2) is 28.5 Å². The van der Waals surface area contributed by atoms with Crippen LogP contribution in [-0.2, 0) is 31.3 Å². The Bertz CT molecular complexity index is 2250. The molecular weight excluding hydrogens is 716 g/mol. The van der Waals surface area contributed by atoms with E-state index in [0.717, 1.165) is 48.3 Å². The molecule has 5 aromatic rings. The summed E-state index contributed by atoms with van der Waals surface area (Å²) in [6.07, 6.45) is 1.25. The molecule has 282 valence electrons. The summed E-state index contributed by atoms with van der Waals surface area (Å²) < 4.78 is 35.3. The van der Waals surface area contributed by atoms with E-state index in [-0.39, 0.29) is 18.2 Å². The van der Waals surface area contributed by atoms with Crippen LogP contribution in [0.25, 0.3) is 22.2 Å². The van der Waals surface area contributed by atoms with Crippen LogP contribution in [0, 0.1) is 6.92 Å². The zero-order valence-electron chi connectivity index (χ0n) is 30.8. The number of alkyl halides is 2.